The molecule has 0 aromatic heterocycles. The molecule has 1 saturated carbocycles. The van der Waals surface area contributed by atoms with E-state index in [2.05, 4.69) is 62.9 Å². The van der Waals surface area contributed by atoms with E-state index in [0.717, 1.165) is 5.92 Å². The van der Waals surface area contributed by atoms with E-state index in [9.17, 15) is 0 Å². The summed E-state index contributed by atoms with van der Waals surface area (Å²) in [5.41, 5.74) is 0.687. The Labute approximate surface area is 119 Å². The molecule has 3 unspecified atom stereocenters. The predicted octanol–water partition coefficient (Wildman–Crippen LogP) is 3.75. The lowest BCUT2D eigenvalue weighted by atomic mass is 9.98. The van der Waals surface area contributed by atoms with Crippen LogP contribution >= 0.6 is 7.26 Å². The molecule has 19 heavy (non-hydrogen) atoms. The number of hydrogen-bond acceptors (Lipinski definition) is 1. The lowest BCUT2D eigenvalue weighted by Gasteiger charge is -2.34. The van der Waals surface area contributed by atoms with Gasteiger partial charge >= 0.3 is 0 Å². The Bertz CT molecular complexity index is 399. The molecule has 2 radical (unpaired) electrons. The van der Waals surface area contributed by atoms with Gasteiger partial charge in [0, 0.05) is 12.0 Å². The fourth-order valence-electron chi connectivity index (χ4n) is 3.52. The van der Waals surface area contributed by atoms with Crippen molar-refractivity contribution in [3.63, 3.8) is 0 Å². The van der Waals surface area contributed by atoms with Crippen LogP contribution in [0.15, 0.2) is 30.3 Å². The van der Waals surface area contributed by atoms with Crippen molar-refractivity contribution in [3.8, 4) is 0 Å². The molecule has 1 aromatic carbocycles. The molecule has 0 N–H and O–H groups in total. The first kappa shape index (κ1) is 15.0. The van der Waals surface area contributed by atoms with Gasteiger partial charge in [0.25, 0.3) is 0 Å². The van der Waals surface area contributed by atoms with Crippen molar-refractivity contribution < 1.29 is 0 Å². The first-order chi connectivity index (χ1) is 8.94. The molecule has 1 aliphatic rings. The fourth-order valence-corrected chi connectivity index (χ4v) is 6.63. The minimum absolute atomic E-state index is 0.624. The second-order valence-electron chi connectivity index (χ2n) is 6.35. The molecule has 0 bridgehead atoms. The summed E-state index contributed by atoms with van der Waals surface area (Å²) in [6.07, 6.45) is 3.98. The zero-order valence-electron chi connectivity index (χ0n) is 12.7. The summed E-state index contributed by atoms with van der Waals surface area (Å²) in [6, 6.07) is 11.4. The second kappa shape index (κ2) is 5.94. The molecule has 1 aromatic rings. The molecule has 0 spiro atoms. The molecule has 2 rings (SSSR count). The Morgan fingerprint density at radius 2 is 1.84 bits per heavy atom. The van der Waals surface area contributed by atoms with Gasteiger partial charge in [0.1, 0.15) is 0 Å². The molecular weight excluding hydrogens is 249 g/mol. The molecule has 2 heteroatoms. The van der Waals surface area contributed by atoms with Crippen LogP contribution in [0.1, 0.15) is 26.2 Å². The summed E-state index contributed by atoms with van der Waals surface area (Å²) < 4.78 is 0. The Morgan fingerprint density at radius 3 is 2.42 bits per heavy atom. The van der Waals surface area contributed by atoms with Crippen LogP contribution in [0.5, 0.6) is 0 Å². The van der Waals surface area contributed by atoms with Gasteiger partial charge < -0.3 is 4.90 Å². The maximum absolute atomic E-state index is 6.86. The number of benzene rings is 1. The summed E-state index contributed by atoms with van der Waals surface area (Å²) in [7, 11) is 2.86. The summed E-state index contributed by atoms with van der Waals surface area (Å²) in [4.78, 5) is 2.36. The molecule has 0 amide bonds. The van der Waals surface area contributed by atoms with Crippen LogP contribution in [-0.2, 0) is 0 Å². The third kappa shape index (κ3) is 3.03. The van der Waals surface area contributed by atoms with E-state index in [4.69, 9.17) is 6.66 Å². The molecule has 104 valence electrons. The van der Waals surface area contributed by atoms with Crippen molar-refractivity contribution in [2.24, 2.45) is 5.92 Å². The van der Waals surface area contributed by atoms with Gasteiger partial charge in [-0.05, 0) is 52.4 Å². The molecule has 1 aliphatic carbocycles. The van der Waals surface area contributed by atoms with Gasteiger partial charge in [0.15, 0.2) is 6.66 Å². The van der Waals surface area contributed by atoms with E-state index in [0.29, 0.717) is 11.7 Å². The van der Waals surface area contributed by atoms with Crippen molar-refractivity contribution in [3.05, 3.63) is 37.0 Å². The average Bonchev–Trinajstić information content (AvgIpc) is 2.88. The molecule has 1 fully saturated rings. The third-order valence-corrected chi connectivity index (χ3v) is 8.40. The summed E-state index contributed by atoms with van der Waals surface area (Å²) in [5.74, 6) is 0.749. The van der Waals surface area contributed by atoms with E-state index >= 15 is 0 Å². The SMILES string of the molecule is [CH][P+](C)(c1ccccc1)C1CCCC1[C@@H](C)N(C)C. The number of nitrogens with zero attached hydrogens (tertiary/aromatic N) is 1. The van der Waals surface area contributed by atoms with E-state index in [-0.39, 0.29) is 0 Å². The lowest BCUT2D eigenvalue weighted by Crippen LogP contribution is -2.38. The van der Waals surface area contributed by atoms with Crippen molar-refractivity contribution in [2.45, 2.75) is 37.9 Å². The van der Waals surface area contributed by atoms with Crippen molar-refractivity contribution >= 4 is 12.6 Å². The van der Waals surface area contributed by atoms with Crippen LogP contribution in [0.3, 0.4) is 0 Å². The van der Waals surface area contributed by atoms with Crippen LogP contribution in [0.4, 0.5) is 0 Å². The van der Waals surface area contributed by atoms with Crippen molar-refractivity contribution in [2.75, 3.05) is 20.8 Å². The number of hydrogen-bond donors (Lipinski definition) is 0. The Hall–Kier alpha value is -0.390. The third-order valence-electron chi connectivity index (χ3n) is 4.97. The number of rotatable bonds is 4. The normalized spacial score (nSPS) is 25.8. The van der Waals surface area contributed by atoms with Crippen molar-refractivity contribution in [1.82, 2.24) is 4.90 Å². The van der Waals surface area contributed by atoms with Crippen LogP contribution in [-0.4, -0.2) is 37.4 Å². The molecule has 0 heterocycles. The summed E-state index contributed by atoms with van der Waals surface area (Å²) >= 11 is 0. The lowest BCUT2D eigenvalue weighted by molar-refractivity contribution is 0.232. The minimum Gasteiger partial charge on any atom is -0.306 e. The van der Waals surface area contributed by atoms with Crippen molar-refractivity contribution in [1.29, 1.82) is 0 Å². The van der Waals surface area contributed by atoms with Crippen LogP contribution in [0.2, 0.25) is 0 Å². The Balaban J connectivity index is 2.24. The van der Waals surface area contributed by atoms with E-state index in [1.54, 1.807) is 0 Å². The maximum Gasteiger partial charge on any atom is 0.155 e. The summed E-state index contributed by atoms with van der Waals surface area (Å²) in [6.45, 7) is 11.5. The first-order valence-corrected chi connectivity index (χ1v) is 9.69. The van der Waals surface area contributed by atoms with Gasteiger partial charge in [0.05, 0.1) is 24.9 Å². The predicted molar refractivity (Wildman–Crippen MR) is 87.5 cm³/mol. The molecule has 4 atom stereocenters. The highest BCUT2D eigenvalue weighted by Crippen LogP contribution is 2.63. The monoisotopic (exact) mass is 276 g/mol. The molecule has 1 nitrogen and oxygen atoms in total. The zero-order chi connectivity index (χ0) is 14.0. The minimum atomic E-state index is -1.52. The average molecular weight is 276 g/mol. The van der Waals surface area contributed by atoms with Gasteiger partial charge in [-0.1, -0.05) is 18.2 Å². The Morgan fingerprint density at radius 1 is 1.21 bits per heavy atom. The quantitative estimate of drug-likeness (QED) is 0.757. The van der Waals surface area contributed by atoms with Gasteiger partial charge in [0.2, 0.25) is 0 Å². The Kier molecular flexibility index (Phi) is 4.69. The first-order valence-electron chi connectivity index (χ1n) is 7.31. The fraction of sp³-hybridized carbons (Fsp3) is 0.588. The van der Waals surface area contributed by atoms with E-state index in [1.807, 2.05) is 0 Å². The zero-order valence-corrected chi connectivity index (χ0v) is 13.6. The van der Waals surface area contributed by atoms with Gasteiger partial charge in [-0.3, -0.25) is 0 Å². The highest BCUT2D eigenvalue weighted by molar-refractivity contribution is 7.84. The highest BCUT2D eigenvalue weighted by atomic mass is 31.2. The van der Waals surface area contributed by atoms with Gasteiger partial charge in [-0.2, -0.15) is 0 Å². The topological polar surface area (TPSA) is 3.24 Å². The molecule has 0 aliphatic heterocycles. The smallest absolute Gasteiger partial charge is 0.155 e. The van der Waals surface area contributed by atoms with E-state index in [1.165, 1.54) is 24.6 Å². The van der Waals surface area contributed by atoms with Crippen LogP contribution in [0, 0.1) is 12.6 Å². The van der Waals surface area contributed by atoms with Crippen LogP contribution < -0.4 is 5.30 Å². The molecule has 0 saturated heterocycles. The second-order valence-corrected chi connectivity index (χ2v) is 9.82. The standard InChI is InChI=1S/C17H27NP/c1-14(18(2)3)16-12-9-13-17(16)19(4,5)15-10-7-6-8-11-15/h4,6-8,10-11,14,16-17H,9,12-13H2,1-3,5H3/q+1/t14-,16?,17?,19?/m1/s1. The maximum atomic E-state index is 6.86. The van der Waals surface area contributed by atoms with Crippen LogP contribution in [0.25, 0.3) is 0 Å². The van der Waals surface area contributed by atoms with E-state index < -0.39 is 7.26 Å². The van der Waals surface area contributed by atoms with Gasteiger partial charge in [-0.25, -0.2) is 0 Å². The molecular formula is C17H27NP+. The largest absolute Gasteiger partial charge is 0.306 e. The summed E-state index contributed by atoms with van der Waals surface area (Å²) in [5, 5.41) is 1.39. The highest BCUT2D eigenvalue weighted by Gasteiger charge is 2.48. The van der Waals surface area contributed by atoms with Gasteiger partial charge in [-0.15, -0.1) is 0 Å².